The van der Waals surface area contributed by atoms with Gasteiger partial charge in [0.05, 0.1) is 17.5 Å². The van der Waals surface area contributed by atoms with Crippen LogP contribution in [0.2, 0.25) is 0 Å². The second kappa shape index (κ2) is 9.86. The molecule has 0 bridgehead atoms. The summed E-state index contributed by atoms with van der Waals surface area (Å²) in [7, 11) is 5.65. The van der Waals surface area contributed by atoms with Gasteiger partial charge in [0, 0.05) is 37.8 Å². The summed E-state index contributed by atoms with van der Waals surface area (Å²) in [6.45, 7) is 2.71. The Labute approximate surface area is 171 Å². The maximum Gasteiger partial charge on any atom is 0.254 e. The average Bonchev–Trinajstić information content (AvgIpc) is 3.20. The fourth-order valence-corrected chi connectivity index (χ4v) is 3.05. The van der Waals surface area contributed by atoms with Gasteiger partial charge in [0.15, 0.2) is 0 Å². The zero-order chi connectivity index (χ0) is 20.6. The van der Waals surface area contributed by atoms with Crippen molar-refractivity contribution in [2.24, 2.45) is 0 Å². The van der Waals surface area contributed by atoms with Crippen molar-refractivity contribution in [1.29, 1.82) is 0 Å². The molecule has 29 heavy (non-hydrogen) atoms. The van der Waals surface area contributed by atoms with Crippen LogP contribution < -0.4 is 15.4 Å². The number of likely N-dealkylation sites (N-methyl/N-ethyl adjacent to an activating group) is 2. The van der Waals surface area contributed by atoms with Gasteiger partial charge >= 0.3 is 0 Å². The standard InChI is InChI=1S/C22H27N5O2/c1-23-12-13-27(3)15-17-14-25-26-21(17)16-8-10-18(11-9-16)29-20-7-5-4-6-19(20)22(28)24-2/h4-11,14,23H,12-13,15H2,1-3H3,(H,24,28)(H,25,26). The normalized spacial score (nSPS) is 10.9. The molecule has 3 N–H and O–H groups in total. The number of benzene rings is 2. The number of aromatic amines is 1. The number of amides is 1. The van der Waals surface area contributed by atoms with Crippen molar-refractivity contribution in [3.63, 3.8) is 0 Å². The predicted octanol–water partition coefficient (Wildman–Crippen LogP) is 2.88. The van der Waals surface area contributed by atoms with Crippen molar-refractivity contribution in [2.75, 3.05) is 34.2 Å². The first-order valence-electron chi connectivity index (χ1n) is 9.57. The van der Waals surface area contributed by atoms with Crippen LogP contribution in [0.3, 0.4) is 0 Å². The van der Waals surface area contributed by atoms with Crippen LogP contribution in [0.1, 0.15) is 15.9 Å². The molecule has 0 unspecified atom stereocenters. The summed E-state index contributed by atoms with van der Waals surface area (Å²) in [6, 6.07) is 14.9. The molecular formula is C22H27N5O2. The van der Waals surface area contributed by atoms with Crippen LogP contribution in [0.5, 0.6) is 11.5 Å². The first-order chi connectivity index (χ1) is 14.1. The van der Waals surface area contributed by atoms with Crippen molar-refractivity contribution < 1.29 is 9.53 Å². The quantitative estimate of drug-likeness (QED) is 0.521. The lowest BCUT2D eigenvalue weighted by atomic mass is 10.1. The molecule has 0 radical (unpaired) electrons. The number of nitrogens with one attached hydrogen (secondary N) is 3. The van der Waals surface area contributed by atoms with Crippen molar-refractivity contribution in [1.82, 2.24) is 25.7 Å². The van der Waals surface area contributed by atoms with Gasteiger partial charge in [-0.25, -0.2) is 0 Å². The van der Waals surface area contributed by atoms with Crippen LogP contribution in [-0.2, 0) is 6.54 Å². The van der Waals surface area contributed by atoms with Crippen LogP contribution in [0.15, 0.2) is 54.7 Å². The number of para-hydroxylation sites is 1. The maximum atomic E-state index is 12.0. The summed E-state index contributed by atoms with van der Waals surface area (Å²) in [5.74, 6) is 1.01. The lowest BCUT2D eigenvalue weighted by molar-refractivity contribution is 0.0961. The fraction of sp³-hybridized carbons (Fsp3) is 0.273. The van der Waals surface area contributed by atoms with Gasteiger partial charge in [-0.15, -0.1) is 0 Å². The predicted molar refractivity (Wildman–Crippen MR) is 114 cm³/mol. The van der Waals surface area contributed by atoms with E-state index in [0.29, 0.717) is 17.1 Å². The van der Waals surface area contributed by atoms with Gasteiger partial charge in [0.2, 0.25) is 0 Å². The Morgan fingerprint density at radius 3 is 2.62 bits per heavy atom. The Morgan fingerprint density at radius 1 is 1.14 bits per heavy atom. The van der Waals surface area contributed by atoms with E-state index in [1.807, 2.05) is 49.6 Å². The number of aromatic nitrogens is 2. The molecule has 1 aromatic heterocycles. The van der Waals surface area contributed by atoms with Gasteiger partial charge in [-0.3, -0.25) is 9.89 Å². The van der Waals surface area contributed by atoms with E-state index in [9.17, 15) is 4.79 Å². The number of carbonyl (C=O) groups is 1. The monoisotopic (exact) mass is 393 g/mol. The molecule has 0 saturated heterocycles. The first kappa shape index (κ1) is 20.6. The van der Waals surface area contributed by atoms with Crippen LogP contribution in [-0.4, -0.2) is 55.2 Å². The van der Waals surface area contributed by atoms with Gasteiger partial charge in [-0.2, -0.15) is 5.10 Å². The Kier molecular flexibility index (Phi) is 6.99. The van der Waals surface area contributed by atoms with E-state index in [0.717, 1.165) is 36.5 Å². The second-order valence-electron chi connectivity index (χ2n) is 6.81. The molecule has 0 fully saturated rings. The Hall–Kier alpha value is -3.16. The van der Waals surface area contributed by atoms with E-state index >= 15 is 0 Å². The van der Waals surface area contributed by atoms with Crippen molar-refractivity contribution in [2.45, 2.75) is 6.54 Å². The summed E-state index contributed by atoms with van der Waals surface area (Å²) < 4.78 is 5.94. The van der Waals surface area contributed by atoms with Crippen molar-refractivity contribution in [3.05, 3.63) is 65.9 Å². The summed E-state index contributed by atoms with van der Waals surface area (Å²) in [5.41, 5.74) is 3.67. The van der Waals surface area contributed by atoms with Gasteiger partial charge in [0.1, 0.15) is 11.5 Å². The molecular weight excluding hydrogens is 366 g/mol. The smallest absolute Gasteiger partial charge is 0.254 e. The number of nitrogens with zero attached hydrogens (tertiary/aromatic N) is 2. The molecule has 1 heterocycles. The molecule has 0 atom stereocenters. The van der Waals surface area contributed by atoms with Gasteiger partial charge in [0.25, 0.3) is 5.91 Å². The minimum Gasteiger partial charge on any atom is -0.457 e. The highest BCUT2D eigenvalue weighted by atomic mass is 16.5. The van der Waals surface area contributed by atoms with Crippen molar-refractivity contribution >= 4 is 5.91 Å². The van der Waals surface area contributed by atoms with E-state index in [1.165, 1.54) is 0 Å². The molecule has 3 rings (SSSR count). The summed E-state index contributed by atoms with van der Waals surface area (Å²) >= 11 is 0. The van der Waals surface area contributed by atoms with Crippen LogP contribution >= 0.6 is 0 Å². The topological polar surface area (TPSA) is 82.3 Å². The highest BCUT2D eigenvalue weighted by Gasteiger charge is 2.13. The average molecular weight is 393 g/mol. The van der Waals surface area contributed by atoms with Crippen LogP contribution in [0, 0.1) is 0 Å². The van der Waals surface area contributed by atoms with E-state index in [2.05, 4.69) is 32.8 Å². The fourth-order valence-electron chi connectivity index (χ4n) is 3.05. The molecule has 0 saturated carbocycles. The summed E-state index contributed by atoms with van der Waals surface area (Å²) in [6.07, 6.45) is 1.87. The van der Waals surface area contributed by atoms with Crippen LogP contribution in [0.4, 0.5) is 0 Å². The third-order valence-corrected chi connectivity index (χ3v) is 4.63. The van der Waals surface area contributed by atoms with Gasteiger partial charge < -0.3 is 20.3 Å². The summed E-state index contributed by atoms with van der Waals surface area (Å²) in [5, 5.41) is 13.1. The number of carbonyl (C=O) groups excluding carboxylic acids is 1. The molecule has 152 valence electrons. The van der Waals surface area contributed by atoms with Gasteiger partial charge in [-0.05, 0) is 50.5 Å². The minimum atomic E-state index is -0.179. The molecule has 1 amide bonds. The second-order valence-corrected chi connectivity index (χ2v) is 6.81. The molecule has 7 nitrogen and oxygen atoms in total. The zero-order valence-electron chi connectivity index (χ0n) is 17.0. The molecule has 0 aliphatic heterocycles. The molecule has 0 spiro atoms. The highest BCUT2D eigenvalue weighted by Crippen LogP contribution is 2.28. The molecule has 0 aliphatic rings. The van der Waals surface area contributed by atoms with E-state index in [4.69, 9.17) is 4.74 Å². The van der Waals surface area contributed by atoms with E-state index in [1.54, 1.807) is 19.2 Å². The Morgan fingerprint density at radius 2 is 1.90 bits per heavy atom. The third kappa shape index (κ3) is 5.22. The lowest BCUT2D eigenvalue weighted by Gasteiger charge is -2.16. The molecule has 2 aromatic carbocycles. The Bertz CT molecular complexity index is 936. The van der Waals surface area contributed by atoms with E-state index < -0.39 is 0 Å². The van der Waals surface area contributed by atoms with Crippen molar-refractivity contribution in [3.8, 4) is 22.8 Å². The Balaban J connectivity index is 1.74. The van der Waals surface area contributed by atoms with Crippen LogP contribution in [0.25, 0.3) is 11.3 Å². The minimum absolute atomic E-state index is 0.179. The number of rotatable bonds is 9. The lowest BCUT2D eigenvalue weighted by Crippen LogP contribution is -2.26. The maximum absolute atomic E-state index is 12.0. The van der Waals surface area contributed by atoms with Gasteiger partial charge in [-0.1, -0.05) is 12.1 Å². The molecule has 3 aromatic rings. The SMILES string of the molecule is CNCCN(C)Cc1cn[nH]c1-c1ccc(Oc2ccccc2C(=O)NC)cc1. The molecule has 0 aliphatic carbocycles. The zero-order valence-corrected chi connectivity index (χ0v) is 17.0. The first-order valence-corrected chi connectivity index (χ1v) is 9.57. The largest absolute Gasteiger partial charge is 0.457 e. The summed E-state index contributed by atoms with van der Waals surface area (Å²) in [4.78, 5) is 14.3. The highest BCUT2D eigenvalue weighted by molar-refractivity contribution is 5.96. The number of ether oxygens (including phenoxy) is 1. The number of hydrogen-bond donors (Lipinski definition) is 3. The number of hydrogen-bond acceptors (Lipinski definition) is 5. The third-order valence-electron chi connectivity index (χ3n) is 4.63. The number of H-pyrrole nitrogens is 1. The van der Waals surface area contributed by atoms with E-state index in [-0.39, 0.29) is 5.91 Å². The molecule has 7 heteroatoms.